The van der Waals surface area contributed by atoms with Crippen molar-refractivity contribution in [2.45, 2.75) is 6.92 Å². The van der Waals surface area contributed by atoms with Gasteiger partial charge >= 0.3 is 0 Å². The van der Waals surface area contributed by atoms with Gasteiger partial charge in [0.2, 0.25) is 12.4 Å². The van der Waals surface area contributed by atoms with Gasteiger partial charge in [0.1, 0.15) is 0 Å². The van der Waals surface area contributed by atoms with E-state index in [-0.39, 0.29) is 0 Å². The van der Waals surface area contributed by atoms with Gasteiger partial charge in [0.15, 0.2) is 0 Å². The molecule has 0 aromatic carbocycles. The third-order valence-corrected chi connectivity index (χ3v) is 2.47. The zero-order valence-electron chi connectivity index (χ0n) is 7.32. The van der Waals surface area contributed by atoms with E-state index in [9.17, 15) is 0 Å². The maximum Gasteiger partial charge on any atom is 0.206 e. The Labute approximate surface area is 95.1 Å². The van der Waals surface area contributed by atoms with Gasteiger partial charge < -0.3 is 0 Å². The summed E-state index contributed by atoms with van der Waals surface area (Å²) in [6.45, 7) is 1.82. The zero-order chi connectivity index (χ0) is 10.6. The largest absolute Gasteiger partial charge is 0.206 e. The summed E-state index contributed by atoms with van der Waals surface area (Å²) in [6.07, 6.45) is 6.93. The minimum Gasteiger partial charge on any atom is -0.173 e. The van der Waals surface area contributed by atoms with Gasteiger partial charge in [-0.25, -0.2) is 0 Å². The number of hydrogen-bond donors (Lipinski definition) is 0. The monoisotopic (exact) mass is 296 g/mol. The summed E-state index contributed by atoms with van der Waals surface area (Å²) < 4.78 is 0.809. The van der Waals surface area contributed by atoms with Crippen LogP contribution in [0.2, 0.25) is 0 Å². The van der Waals surface area contributed by atoms with Gasteiger partial charge in [-0.1, -0.05) is 0 Å². The lowest BCUT2D eigenvalue weighted by Crippen LogP contribution is -2.08. The molecule has 0 aromatic rings. The molecule has 0 bridgehead atoms. The quantitative estimate of drug-likeness (QED) is 0.390. The van der Waals surface area contributed by atoms with Gasteiger partial charge in [-0.3, -0.25) is 0 Å². The van der Waals surface area contributed by atoms with Gasteiger partial charge in [0, 0.05) is 3.58 Å². The van der Waals surface area contributed by atoms with Crippen LogP contribution in [0.15, 0.2) is 31.3 Å². The SMILES string of the molecule is CC1=CC(=NC#N)C(I)=CC1=NC#N. The van der Waals surface area contributed by atoms with Crippen molar-refractivity contribution < 1.29 is 0 Å². The highest BCUT2D eigenvalue weighted by Crippen LogP contribution is 2.18. The Kier molecular flexibility index (Phi) is 3.55. The zero-order valence-corrected chi connectivity index (χ0v) is 9.48. The normalized spacial score (nSPS) is 21.1. The summed E-state index contributed by atoms with van der Waals surface area (Å²) in [6, 6.07) is 0. The van der Waals surface area contributed by atoms with E-state index < -0.39 is 0 Å². The van der Waals surface area contributed by atoms with Crippen molar-refractivity contribution in [1.82, 2.24) is 0 Å². The lowest BCUT2D eigenvalue weighted by Gasteiger charge is -2.08. The summed E-state index contributed by atoms with van der Waals surface area (Å²) in [5.41, 5.74) is 2.07. The maximum absolute atomic E-state index is 8.41. The average molecular weight is 296 g/mol. The third kappa shape index (κ3) is 2.27. The van der Waals surface area contributed by atoms with E-state index in [0.717, 1.165) is 9.15 Å². The molecular weight excluding hydrogens is 291 g/mol. The summed E-state index contributed by atoms with van der Waals surface area (Å²) in [7, 11) is 0. The van der Waals surface area contributed by atoms with Gasteiger partial charge in [-0.05, 0) is 47.2 Å². The first-order valence-electron chi connectivity index (χ1n) is 3.69. The topological polar surface area (TPSA) is 72.3 Å². The molecule has 0 aromatic heterocycles. The Morgan fingerprint density at radius 3 is 2.29 bits per heavy atom. The molecule has 0 amide bonds. The first kappa shape index (κ1) is 10.6. The van der Waals surface area contributed by atoms with Crippen molar-refractivity contribution in [3.63, 3.8) is 0 Å². The van der Waals surface area contributed by atoms with Crippen LogP contribution in [-0.2, 0) is 0 Å². The Morgan fingerprint density at radius 1 is 1.14 bits per heavy atom. The number of allylic oxidation sites excluding steroid dienone is 4. The van der Waals surface area contributed by atoms with Crippen LogP contribution in [0.3, 0.4) is 0 Å². The first-order valence-corrected chi connectivity index (χ1v) is 4.76. The van der Waals surface area contributed by atoms with Gasteiger partial charge in [0.25, 0.3) is 0 Å². The summed E-state index contributed by atoms with van der Waals surface area (Å²) >= 11 is 2.05. The lowest BCUT2D eigenvalue weighted by molar-refractivity contribution is 1.41. The van der Waals surface area contributed by atoms with Crippen molar-refractivity contribution in [3.8, 4) is 12.4 Å². The van der Waals surface area contributed by atoms with E-state index >= 15 is 0 Å². The molecule has 1 aliphatic carbocycles. The van der Waals surface area contributed by atoms with E-state index in [4.69, 9.17) is 10.5 Å². The molecule has 0 saturated carbocycles. The third-order valence-electron chi connectivity index (χ3n) is 1.61. The van der Waals surface area contributed by atoms with Crippen molar-refractivity contribution in [2.24, 2.45) is 9.98 Å². The highest BCUT2D eigenvalue weighted by molar-refractivity contribution is 14.1. The Hall–Kier alpha value is -1.47. The minimum absolute atomic E-state index is 0.613. The Balaban J connectivity index is 3.17. The standard InChI is InChI=1S/C9H5IN4/c1-6-2-9(14-5-12)7(10)3-8(6)13-4-11/h2-3H,1H3. The van der Waals surface area contributed by atoms with Crippen LogP contribution in [0.25, 0.3) is 0 Å². The van der Waals surface area contributed by atoms with E-state index in [1.165, 1.54) is 0 Å². The van der Waals surface area contributed by atoms with E-state index in [2.05, 4.69) is 32.6 Å². The number of rotatable bonds is 0. The number of nitrogens with zero attached hydrogens (tertiary/aromatic N) is 4. The first-order chi connectivity index (χ1) is 6.69. The minimum atomic E-state index is 0.613. The van der Waals surface area contributed by atoms with E-state index in [0.29, 0.717) is 11.4 Å². The van der Waals surface area contributed by atoms with Crippen LogP contribution in [-0.4, -0.2) is 11.4 Å². The molecule has 0 aliphatic heterocycles. The van der Waals surface area contributed by atoms with Crippen LogP contribution in [0.5, 0.6) is 0 Å². The highest BCUT2D eigenvalue weighted by atomic mass is 127. The van der Waals surface area contributed by atoms with Crippen LogP contribution < -0.4 is 0 Å². The molecule has 0 unspecified atom stereocenters. The van der Waals surface area contributed by atoms with Gasteiger partial charge in [-0.2, -0.15) is 20.5 Å². The van der Waals surface area contributed by atoms with Gasteiger partial charge in [0.05, 0.1) is 11.4 Å². The second kappa shape index (κ2) is 4.68. The molecule has 0 saturated heterocycles. The van der Waals surface area contributed by atoms with Crippen molar-refractivity contribution >= 4 is 34.0 Å². The number of hydrogen-bond acceptors (Lipinski definition) is 4. The highest BCUT2D eigenvalue weighted by Gasteiger charge is 2.12. The molecule has 1 rings (SSSR count). The fourth-order valence-electron chi connectivity index (χ4n) is 0.970. The maximum atomic E-state index is 8.41. The molecule has 1 aliphatic rings. The molecule has 14 heavy (non-hydrogen) atoms. The van der Waals surface area contributed by atoms with Crippen molar-refractivity contribution in [3.05, 3.63) is 21.3 Å². The van der Waals surface area contributed by atoms with Crippen molar-refractivity contribution in [2.75, 3.05) is 0 Å². The summed E-state index contributed by atoms with van der Waals surface area (Å²) in [5.74, 6) is 0. The fourth-order valence-corrected chi connectivity index (χ4v) is 1.54. The van der Waals surface area contributed by atoms with Crippen LogP contribution in [0.4, 0.5) is 0 Å². The molecule has 0 N–H and O–H groups in total. The van der Waals surface area contributed by atoms with E-state index in [1.54, 1.807) is 24.5 Å². The molecule has 0 radical (unpaired) electrons. The number of halogens is 1. The van der Waals surface area contributed by atoms with E-state index in [1.807, 2.05) is 6.92 Å². The number of aliphatic imine (C=N–C) groups is 2. The second-order valence-electron chi connectivity index (χ2n) is 2.51. The fraction of sp³-hybridized carbons (Fsp3) is 0.111. The summed E-state index contributed by atoms with van der Waals surface area (Å²) in [5, 5.41) is 16.8. The molecule has 0 fully saturated rings. The van der Waals surface area contributed by atoms with Crippen LogP contribution in [0, 0.1) is 22.9 Å². The average Bonchev–Trinajstić information content (AvgIpc) is 2.14. The molecule has 0 heterocycles. The van der Waals surface area contributed by atoms with Crippen molar-refractivity contribution in [1.29, 1.82) is 10.5 Å². The molecule has 0 spiro atoms. The number of nitriles is 2. The predicted octanol–water partition coefficient (Wildman–Crippen LogP) is 2.11. The molecule has 68 valence electrons. The molecule has 0 atom stereocenters. The van der Waals surface area contributed by atoms with Crippen LogP contribution >= 0.6 is 22.6 Å². The smallest absolute Gasteiger partial charge is 0.173 e. The lowest BCUT2D eigenvalue weighted by atomic mass is 10.0. The molecule has 5 heteroatoms. The second-order valence-corrected chi connectivity index (χ2v) is 3.68. The molecule has 4 nitrogen and oxygen atoms in total. The molecular formula is C9H5IN4. The van der Waals surface area contributed by atoms with Crippen LogP contribution in [0.1, 0.15) is 6.92 Å². The predicted molar refractivity (Wildman–Crippen MR) is 62.0 cm³/mol. The van der Waals surface area contributed by atoms with Gasteiger partial charge in [-0.15, -0.1) is 0 Å². The Bertz CT molecular complexity index is 410. The Morgan fingerprint density at radius 2 is 1.71 bits per heavy atom. The summed E-state index contributed by atoms with van der Waals surface area (Å²) in [4.78, 5) is 7.29.